The second-order valence-electron chi connectivity index (χ2n) is 4.35. The first-order valence-electron chi connectivity index (χ1n) is 5.63. The number of carbonyl (C=O) groups excluding carboxylic acids is 1. The summed E-state index contributed by atoms with van der Waals surface area (Å²) >= 11 is 2.20. The van der Waals surface area contributed by atoms with Crippen LogP contribution < -0.4 is 4.74 Å². The van der Waals surface area contributed by atoms with Gasteiger partial charge in [-0.1, -0.05) is 0 Å². The summed E-state index contributed by atoms with van der Waals surface area (Å²) in [5, 5.41) is 0. The number of hydrogen-bond acceptors (Lipinski definition) is 3. The second-order valence-corrected chi connectivity index (χ2v) is 5.51. The fourth-order valence-corrected chi connectivity index (χ4v) is 2.55. The van der Waals surface area contributed by atoms with Gasteiger partial charge in [0, 0.05) is 0 Å². The Morgan fingerprint density at radius 1 is 1.47 bits per heavy atom. The lowest BCUT2D eigenvalue weighted by atomic mass is 10.1. The highest BCUT2D eigenvalue weighted by Gasteiger charge is 2.23. The van der Waals surface area contributed by atoms with Crippen molar-refractivity contribution in [2.75, 3.05) is 13.7 Å². The Bertz CT molecular complexity index is 415. The highest BCUT2D eigenvalue weighted by Crippen LogP contribution is 2.32. The molecule has 0 saturated heterocycles. The third kappa shape index (κ3) is 3.12. The molecule has 0 radical (unpaired) electrons. The number of hydrogen-bond donors (Lipinski definition) is 0. The lowest BCUT2D eigenvalue weighted by Crippen LogP contribution is -2.06. The van der Waals surface area contributed by atoms with Gasteiger partial charge in [-0.25, -0.2) is 4.79 Å². The van der Waals surface area contributed by atoms with E-state index in [0.717, 1.165) is 27.4 Å². The van der Waals surface area contributed by atoms with E-state index in [2.05, 4.69) is 22.6 Å². The summed E-state index contributed by atoms with van der Waals surface area (Å²) < 4.78 is 11.5. The second kappa shape index (κ2) is 5.25. The first-order valence-corrected chi connectivity index (χ1v) is 6.71. The quantitative estimate of drug-likeness (QED) is 0.621. The van der Waals surface area contributed by atoms with Crippen molar-refractivity contribution in [1.29, 1.82) is 0 Å². The number of halogens is 1. The van der Waals surface area contributed by atoms with E-state index in [1.165, 1.54) is 20.0 Å². The monoisotopic (exact) mass is 346 g/mol. The molecular weight excluding hydrogens is 331 g/mol. The first kappa shape index (κ1) is 12.7. The summed E-state index contributed by atoms with van der Waals surface area (Å²) in [5.41, 5.74) is 1.56. The summed E-state index contributed by atoms with van der Waals surface area (Å²) in [4.78, 5) is 11.4. The summed E-state index contributed by atoms with van der Waals surface area (Å²) in [6.07, 6.45) is 2.55. The molecule has 0 heterocycles. The van der Waals surface area contributed by atoms with E-state index in [4.69, 9.17) is 9.47 Å². The van der Waals surface area contributed by atoms with Gasteiger partial charge in [-0.05, 0) is 66.0 Å². The van der Waals surface area contributed by atoms with Crippen LogP contribution in [0.25, 0.3) is 0 Å². The maximum absolute atomic E-state index is 11.4. The molecule has 1 saturated carbocycles. The highest BCUT2D eigenvalue weighted by molar-refractivity contribution is 14.1. The molecule has 1 aromatic carbocycles. The van der Waals surface area contributed by atoms with Gasteiger partial charge in [0.25, 0.3) is 0 Å². The summed E-state index contributed by atoms with van der Waals surface area (Å²) in [6.45, 7) is 2.74. The van der Waals surface area contributed by atoms with E-state index in [9.17, 15) is 4.79 Å². The molecule has 1 aromatic rings. The number of methoxy groups -OCH3 is 1. The van der Waals surface area contributed by atoms with E-state index in [1.54, 1.807) is 0 Å². The molecule has 0 atom stereocenters. The van der Waals surface area contributed by atoms with Gasteiger partial charge >= 0.3 is 5.97 Å². The van der Waals surface area contributed by atoms with Crippen molar-refractivity contribution < 1.29 is 14.3 Å². The Hall–Kier alpha value is -0.780. The topological polar surface area (TPSA) is 35.5 Å². The standard InChI is InChI=1S/C13H15IO3/c1-8-5-10(13(15)16-2)6-11(14)12(8)17-7-9-3-4-9/h5-6,9H,3-4,7H2,1-2H3. The zero-order chi connectivity index (χ0) is 12.4. The van der Waals surface area contributed by atoms with Crippen LogP contribution in [0.4, 0.5) is 0 Å². The molecule has 0 N–H and O–H groups in total. The van der Waals surface area contributed by atoms with Crippen LogP contribution in [-0.4, -0.2) is 19.7 Å². The third-order valence-corrected chi connectivity index (χ3v) is 3.61. The van der Waals surface area contributed by atoms with E-state index in [1.807, 2.05) is 19.1 Å². The molecule has 0 aliphatic heterocycles. The van der Waals surface area contributed by atoms with Crippen molar-refractivity contribution in [2.45, 2.75) is 19.8 Å². The lowest BCUT2D eigenvalue weighted by molar-refractivity contribution is 0.0600. The van der Waals surface area contributed by atoms with Gasteiger partial charge in [-0.2, -0.15) is 0 Å². The summed E-state index contributed by atoms with van der Waals surface area (Å²) in [7, 11) is 1.39. The van der Waals surface area contributed by atoms with Crippen LogP contribution in [0.1, 0.15) is 28.8 Å². The highest BCUT2D eigenvalue weighted by atomic mass is 127. The van der Waals surface area contributed by atoms with Crippen LogP contribution in [0.15, 0.2) is 12.1 Å². The molecule has 0 aromatic heterocycles. The van der Waals surface area contributed by atoms with E-state index >= 15 is 0 Å². The first-order chi connectivity index (χ1) is 8.11. The van der Waals surface area contributed by atoms with E-state index in [0.29, 0.717) is 5.56 Å². The molecule has 3 nitrogen and oxygen atoms in total. The van der Waals surface area contributed by atoms with Crippen molar-refractivity contribution in [3.05, 3.63) is 26.8 Å². The number of benzene rings is 1. The SMILES string of the molecule is COC(=O)c1cc(C)c(OCC2CC2)c(I)c1. The Morgan fingerprint density at radius 3 is 2.71 bits per heavy atom. The maximum atomic E-state index is 11.4. The molecule has 92 valence electrons. The molecule has 4 heteroatoms. The van der Waals surface area contributed by atoms with Gasteiger partial charge in [0.1, 0.15) is 5.75 Å². The Kier molecular flexibility index (Phi) is 3.91. The molecular formula is C13H15IO3. The van der Waals surface area contributed by atoms with Crippen LogP contribution in [0, 0.1) is 16.4 Å². The molecule has 0 bridgehead atoms. The average Bonchev–Trinajstić information content (AvgIpc) is 3.10. The van der Waals surface area contributed by atoms with Gasteiger partial charge < -0.3 is 9.47 Å². The predicted octanol–water partition coefficient (Wildman–Crippen LogP) is 3.18. The molecule has 1 aliphatic carbocycles. The maximum Gasteiger partial charge on any atom is 0.337 e. The largest absolute Gasteiger partial charge is 0.492 e. The van der Waals surface area contributed by atoms with Crippen molar-refractivity contribution in [3.63, 3.8) is 0 Å². The van der Waals surface area contributed by atoms with Gasteiger partial charge in [-0.3, -0.25) is 0 Å². The molecule has 1 fully saturated rings. The molecule has 0 spiro atoms. The minimum absolute atomic E-state index is 0.306. The number of ether oxygens (including phenoxy) is 2. The van der Waals surface area contributed by atoms with E-state index < -0.39 is 0 Å². The zero-order valence-electron chi connectivity index (χ0n) is 9.96. The number of rotatable bonds is 4. The average molecular weight is 346 g/mol. The zero-order valence-corrected chi connectivity index (χ0v) is 12.1. The normalized spacial score (nSPS) is 14.5. The van der Waals surface area contributed by atoms with Gasteiger partial charge in [0.15, 0.2) is 0 Å². The van der Waals surface area contributed by atoms with Crippen molar-refractivity contribution in [2.24, 2.45) is 5.92 Å². The summed E-state index contributed by atoms with van der Waals surface area (Å²) in [5.74, 6) is 1.32. The van der Waals surface area contributed by atoms with Crippen LogP contribution in [0.2, 0.25) is 0 Å². The van der Waals surface area contributed by atoms with E-state index in [-0.39, 0.29) is 5.97 Å². The molecule has 2 rings (SSSR count). The summed E-state index contributed by atoms with van der Waals surface area (Å²) in [6, 6.07) is 3.62. The Labute approximate surface area is 115 Å². The fraction of sp³-hybridized carbons (Fsp3) is 0.462. The fourth-order valence-electron chi connectivity index (χ4n) is 1.64. The van der Waals surface area contributed by atoms with Crippen molar-refractivity contribution >= 4 is 28.6 Å². The van der Waals surface area contributed by atoms with Crippen molar-refractivity contribution in [3.8, 4) is 5.75 Å². The van der Waals surface area contributed by atoms with Gasteiger partial charge in [0.2, 0.25) is 0 Å². The number of aryl methyl sites for hydroxylation is 1. The number of carbonyl (C=O) groups is 1. The molecule has 0 amide bonds. The lowest BCUT2D eigenvalue weighted by Gasteiger charge is -2.12. The smallest absolute Gasteiger partial charge is 0.337 e. The molecule has 17 heavy (non-hydrogen) atoms. The Balaban J connectivity index is 2.18. The van der Waals surface area contributed by atoms with Crippen LogP contribution in [-0.2, 0) is 4.74 Å². The molecule has 1 aliphatic rings. The molecule has 0 unspecified atom stereocenters. The Morgan fingerprint density at radius 2 is 2.18 bits per heavy atom. The van der Waals surface area contributed by atoms with Crippen LogP contribution >= 0.6 is 22.6 Å². The van der Waals surface area contributed by atoms with Crippen LogP contribution in [0.3, 0.4) is 0 Å². The minimum atomic E-state index is -0.306. The van der Waals surface area contributed by atoms with Gasteiger partial charge in [-0.15, -0.1) is 0 Å². The minimum Gasteiger partial charge on any atom is -0.492 e. The van der Waals surface area contributed by atoms with Crippen molar-refractivity contribution in [1.82, 2.24) is 0 Å². The third-order valence-electron chi connectivity index (χ3n) is 2.81. The number of esters is 1. The predicted molar refractivity (Wildman–Crippen MR) is 73.5 cm³/mol. The van der Waals surface area contributed by atoms with Gasteiger partial charge in [0.05, 0.1) is 22.9 Å². The van der Waals surface area contributed by atoms with Crippen LogP contribution in [0.5, 0.6) is 5.75 Å².